The third kappa shape index (κ3) is 6.03. The first-order chi connectivity index (χ1) is 17.0. The molecule has 0 amide bonds. The molecule has 0 atom stereocenters. The van der Waals surface area contributed by atoms with Crippen molar-refractivity contribution in [1.82, 2.24) is 14.8 Å². The van der Waals surface area contributed by atoms with Gasteiger partial charge >= 0.3 is 0 Å². The molecule has 0 aliphatic heterocycles. The number of hydrogen-bond donors (Lipinski definition) is 2. The van der Waals surface area contributed by atoms with Gasteiger partial charge in [0.05, 0.1) is 14.2 Å². The van der Waals surface area contributed by atoms with E-state index in [4.69, 9.17) is 32.7 Å². The van der Waals surface area contributed by atoms with Gasteiger partial charge < -0.3 is 20.1 Å². The lowest BCUT2D eigenvalue weighted by Crippen LogP contribution is -2.18. The van der Waals surface area contributed by atoms with E-state index < -0.39 is 0 Å². The molecule has 180 valence electrons. The predicted octanol–water partition coefficient (Wildman–Crippen LogP) is 5.51. The summed E-state index contributed by atoms with van der Waals surface area (Å²) in [6.45, 7) is 0.883. The van der Waals surface area contributed by atoms with Gasteiger partial charge in [-0.15, -0.1) is 5.10 Å². The van der Waals surface area contributed by atoms with Crippen LogP contribution < -0.4 is 20.1 Å². The molecule has 0 fully saturated rings. The normalized spacial score (nSPS) is 10.6. The van der Waals surface area contributed by atoms with Crippen LogP contribution in [0.5, 0.6) is 11.5 Å². The molecule has 10 heteroatoms. The van der Waals surface area contributed by atoms with E-state index in [1.165, 1.54) is 18.9 Å². The Morgan fingerprint density at radius 3 is 1.97 bits per heavy atom. The fraction of sp³-hybridized carbons (Fsp3) is 0.160. The van der Waals surface area contributed by atoms with Crippen LogP contribution in [0.3, 0.4) is 0 Å². The van der Waals surface area contributed by atoms with Gasteiger partial charge in [-0.1, -0.05) is 47.5 Å². The number of benzene rings is 3. The summed E-state index contributed by atoms with van der Waals surface area (Å²) in [5, 5.41) is 12.1. The van der Waals surface area contributed by atoms with Crippen LogP contribution in [-0.4, -0.2) is 34.9 Å². The second-order valence-electron chi connectivity index (χ2n) is 7.51. The topological polar surface area (TPSA) is 90.3 Å². The number of methoxy groups -OCH3 is 2. The van der Waals surface area contributed by atoms with Crippen molar-refractivity contribution in [1.29, 1.82) is 0 Å². The molecule has 0 saturated carbocycles. The van der Waals surface area contributed by atoms with Gasteiger partial charge in [-0.25, -0.2) is 0 Å². The lowest BCUT2D eigenvalue weighted by Gasteiger charge is -2.10. The smallest absolute Gasteiger partial charge is 0.281 e. The fourth-order valence-corrected chi connectivity index (χ4v) is 3.55. The van der Waals surface area contributed by atoms with Crippen molar-refractivity contribution in [3.63, 3.8) is 0 Å². The molecule has 4 rings (SSSR count). The largest absolute Gasteiger partial charge is 0.493 e. The maximum Gasteiger partial charge on any atom is 0.281 e. The summed E-state index contributed by atoms with van der Waals surface area (Å²) in [5.41, 5.74) is 2.33. The van der Waals surface area contributed by atoms with Gasteiger partial charge in [0, 0.05) is 28.7 Å². The molecular weight excluding hydrogens is 489 g/mol. The number of carbonyl (C=O) groups is 1. The van der Waals surface area contributed by atoms with Gasteiger partial charge in [-0.2, -0.15) is 9.67 Å². The molecule has 3 aromatic carbocycles. The summed E-state index contributed by atoms with van der Waals surface area (Å²) in [4.78, 5) is 17.9. The lowest BCUT2D eigenvalue weighted by molar-refractivity contribution is 0.0947. The highest BCUT2D eigenvalue weighted by molar-refractivity contribution is 6.30. The fourth-order valence-electron chi connectivity index (χ4n) is 3.30. The number of nitrogens with one attached hydrogen (secondary N) is 2. The number of rotatable bonds is 9. The molecule has 8 nitrogen and oxygen atoms in total. The van der Waals surface area contributed by atoms with E-state index in [0.29, 0.717) is 52.1 Å². The highest BCUT2D eigenvalue weighted by atomic mass is 35.5. The van der Waals surface area contributed by atoms with Crippen molar-refractivity contribution >= 4 is 41.0 Å². The highest BCUT2D eigenvalue weighted by Crippen LogP contribution is 2.28. The van der Waals surface area contributed by atoms with Gasteiger partial charge in [-0.3, -0.25) is 4.79 Å². The minimum Gasteiger partial charge on any atom is -0.493 e. The van der Waals surface area contributed by atoms with Crippen LogP contribution >= 0.6 is 23.2 Å². The molecule has 0 aliphatic rings. The molecule has 0 aliphatic carbocycles. The van der Waals surface area contributed by atoms with E-state index in [1.807, 2.05) is 36.4 Å². The SMILES string of the molecule is COc1ccc(C(=O)n2nc(NCc3ccc(Cl)cc3)nc2NCc2ccc(Cl)cc2)cc1OC. The minimum absolute atomic E-state index is 0.290. The molecule has 35 heavy (non-hydrogen) atoms. The molecule has 0 radical (unpaired) electrons. The molecule has 0 bridgehead atoms. The minimum atomic E-state index is -0.378. The van der Waals surface area contributed by atoms with Crippen LogP contribution in [0.25, 0.3) is 0 Å². The van der Waals surface area contributed by atoms with Crippen molar-refractivity contribution in [3.05, 3.63) is 93.5 Å². The van der Waals surface area contributed by atoms with E-state index in [2.05, 4.69) is 20.7 Å². The predicted molar refractivity (Wildman–Crippen MR) is 137 cm³/mol. The first-order valence-corrected chi connectivity index (χ1v) is 11.4. The molecule has 4 aromatic rings. The second-order valence-corrected chi connectivity index (χ2v) is 8.38. The average Bonchev–Trinajstić information content (AvgIpc) is 3.30. The Bertz CT molecular complexity index is 1310. The van der Waals surface area contributed by atoms with Crippen LogP contribution in [-0.2, 0) is 13.1 Å². The number of nitrogens with zero attached hydrogens (tertiary/aromatic N) is 3. The number of ether oxygens (including phenoxy) is 2. The van der Waals surface area contributed by atoms with Crippen LogP contribution in [0.1, 0.15) is 21.5 Å². The Kier molecular flexibility index (Phi) is 7.74. The van der Waals surface area contributed by atoms with E-state index in [1.54, 1.807) is 30.3 Å². The van der Waals surface area contributed by atoms with Crippen LogP contribution in [0.15, 0.2) is 66.7 Å². The Hall–Kier alpha value is -3.75. The van der Waals surface area contributed by atoms with E-state index in [-0.39, 0.29) is 5.91 Å². The zero-order valence-corrected chi connectivity index (χ0v) is 20.6. The van der Waals surface area contributed by atoms with Gasteiger partial charge in [0.1, 0.15) is 0 Å². The van der Waals surface area contributed by atoms with Gasteiger partial charge in [-0.05, 0) is 53.6 Å². The summed E-state index contributed by atoms with van der Waals surface area (Å²) in [7, 11) is 3.05. The number of anilines is 2. The zero-order chi connectivity index (χ0) is 24.8. The van der Waals surface area contributed by atoms with Crippen molar-refractivity contribution in [2.45, 2.75) is 13.1 Å². The Balaban J connectivity index is 1.60. The van der Waals surface area contributed by atoms with E-state index in [0.717, 1.165) is 11.1 Å². The Morgan fingerprint density at radius 2 is 1.40 bits per heavy atom. The zero-order valence-electron chi connectivity index (χ0n) is 19.1. The molecule has 0 saturated heterocycles. The highest BCUT2D eigenvalue weighted by Gasteiger charge is 2.19. The third-order valence-corrected chi connectivity index (χ3v) is 5.66. The molecule has 1 heterocycles. The summed E-state index contributed by atoms with van der Waals surface area (Å²) in [5.74, 6) is 1.17. The van der Waals surface area contributed by atoms with E-state index in [9.17, 15) is 4.79 Å². The maximum absolute atomic E-state index is 13.4. The number of halogens is 2. The lowest BCUT2D eigenvalue weighted by atomic mass is 10.2. The molecular formula is C25H23Cl2N5O3. The third-order valence-electron chi connectivity index (χ3n) is 5.16. The van der Waals surface area contributed by atoms with Gasteiger partial charge in [0.2, 0.25) is 11.9 Å². The summed E-state index contributed by atoms with van der Waals surface area (Å²) < 4.78 is 11.8. The number of aromatic nitrogens is 3. The van der Waals surface area contributed by atoms with Crippen molar-refractivity contribution in [2.24, 2.45) is 0 Å². The monoisotopic (exact) mass is 511 g/mol. The van der Waals surface area contributed by atoms with Crippen LogP contribution in [0.2, 0.25) is 10.0 Å². The van der Waals surface area contributed by atoms with Gasteiger partial charge in [0.25, 0.3) is 5.91 Å². The maximum atomic E-state index is 13.4. The van der Waals surface area contributed by atoms with Gasteiger partial charge in [0.15, 0.2) is 11.5 Å². The standard InChI is InChI=1S/C25H23Cl2N5O3/c1-34-21-12-7-18(13-22(21)35-2)23(33)32-25(29-15-17-5-10-20(27)11-6-17)30-24(31-32)28-14-16-3-8-19(26)9-4-16/h3-13H,14-15H2,1-2H3,(H2,28,29,30,31). The number of hydrogen-bond acceptors (Lipinski definition) is 7. The van der Waals surface area contributed by atoms with Crippen molar-refractivity contribution < 1.29 is 14.3 Å². The van der Waals surface area contributed by atoms with Crippen LogP contribution in [0.4, 0.5) is 11.9 Å². The number of carbonyl (C=O) groups excluding carboxylic acids is 1. The molecule has 1 aromatic heterocycles. The average molecular weight is 512 g/mol. The van der Waals surface area contributed by atoms with E-state index >= 15 is 0 Å². The first kappa shape index (κ1) is 24.4. The molecule has 2 N–H and O–H groups in total. The molecule has 0 spiro atoms. The van der Waals surface area contributed by atoms with Crippen molar-refractivity contribution in [2.75, 3.05) is 24.9 Å². The Labute approximate surface area is 212 Å². The summed E-state index contributed by atoms with van der Waals surface area (Å²) in [6.07, 6.45) is 0. The second kappa shape index (κ2) is 11.1. The summed E-state index contributed by atoms with van der Waals surface area (Å²) in [6, 6.07) is 19.7. The summed E-state index contributed by atoms with van der Waals surface area (Å²) >= 11 is 11.9. The van der Waals surface area contributed by atoms with Crippen molar-refractivity contribution in [3.8, 4) is 11.5 Å². The quantitative estimate of drug-likeness (QED) is 0.306. The first-order valence-electron chi connectivity index (χ1n) is 10.7. The Morgan fingerprint density at radius 1 is 0.829 bits per heavy atom. The molecule has 0 unspecified atom stereocenters. The van der Waals surface area contributed by atoms with Crippen LogP contribution in [0, 0.1) is 0 Å².